The molecule has 0 aliphatic heterocycles. The zero-order valence-electron chi connectivity index (χ0n) is 10.8. The fraction of sp³-hybridized carbons (Fsp3) is 0.0667. The summed E-state index contributed by atoms with van der Waals surface area (Å²) in [6.07, 6.45) is 3.16. The highest BCUT2D eigenvalue weighted by atomic mass is 31.2. The Hall–Kier alpha value is -2.03. The van der Waals surface area contributed by atoms with Crippen LogP contribution >= 0.6 is 7.60 Å². The molecule has 2 aromatic carbocycles. The average molecular weight is 289 g/mol. The normalized spacial score (nSPS) is 13.8. The molecular weight excluding hydrogens is 273 g/mol. The first-order valence-corrected chi connectivity index (χ1v) is 7.95. The monoisotopic (exact) mass is 289 g/mol. The number of benzene rings is 2. The molecule has 2 N–H and O–H groups in total. The molecule has 0 radical (unpaired) electrons. The maximum Gasteiger partial charge on any atom is 0.380 e. The van der Waals surface area contributed by atoms with Gasteiger partial charge in [0.05, 0.1) is 6.16 Å². The summed E-state index contributed by atoms with van der Waals surface area (Å²) in [5.41, 5.74) is 0.917. The summed E-state index contributed by atoms with van der Waals surface area (Å²) in [7, 11) is -3.66. The molecule has 5 heteroatoms. The van der Waals surface area contributed by atoms with E-state index in [9.17, 15) is 9.46 Å². The Balaban J connectivity index is 1.84. The summed E-state index contributed by atoms with van der Waals surface area (Å²) in [4.78, 5) is 9.72. The van der Waals surface area contributed by atoms with Gasteiger partial charge in [-0.2, -0.15) is 0 Å². The Kier molecular flexibility index (Phi) is 4.99. The van der Waals surface area contributed by atoms with Crippen molar-refractivity contribution in [3.8, 4) is 5.75 Å². The van der Waals surface area contributed by atoms with Crippen LogP contribution in [0, 0.1) is 0 Å². The Bertz CT molecular complexity index is 599. The van der Waals surface area contributed by atoms with Crippen LogP contribution in [-0.4, -0.2) is 11.1 Å². The van der Waals surface area contributed by atoms with Gasteiger partial charge in [-0.25, -0.2) is 4.57 Å². The van der Waals surface area contributed by atoms with Gasteiger partial charge in [-0.15, -0.1) is 0 Å². The molecule has 0 aromatic heterocycles. The van der Waals surface area contributed by atoms with Crippen molar-refractivity contribution in [1.29, 1.82) is 0 Å². The highest BCUT2D eigenvalue weighted by Gasteiger charge is 2.18. The van der Waals surface area contributed by atoms with Crippen molar-refractivity contribution in [3.05, 3.63) is 72.9 Å². The van der Waals surface area contributed by atoms with Gasteiger partial charge in [0, 0.05) is 5.69 Å². The largest absolute Gasteiger partial charge is 0.424 e. The van der Waals surface area contributed by atoms with E-state index in [4.69, 9.17) is 4.52 Å². The quantitative estimate of drug-likeness (QED) is 0.792. The van der Waals surface area contributed by atoms with E-state index < -0.39 is 7.60 Å². The molecular formula is C15H16NO3P. The van der Waals surface area contributed by atoms with Gasteiger partial charge >= 0.3 is 7.60 Å². The lowest BCUT2D eigenvalue weighted by atomic mass is 10.3. The van der Waals surface area contributed by atoms with Crippen molar-refractivity contribution in [2.75, 3.05) is 11.5 Å². The van der Waals surface area contributed by atoms with E-state index in [0.29, 0.717) is 5.75 Å². The van der Waals surface area contributed by atoms with Crippen molar-refractivity contribution in [2.45, 2.75) is 0 Å². The van der Waals surface area contributed by atoms with E-state index in [0.717, 1.165) is 5.69 Å². The Morgan fingerprint density at radius 2 is 1.65 bits per heavy atom. The molecule has 0 fully saturated rings. The van der Waals surface area contributed by atoms with Gasteiger partial charge in [-0.3, -0.25) is 0 Å². The predicted molar refractivity (Wildman–Crippen MR) is 81.0 cm³/mol. The molecule has 0 aliphatic carbocycles. The molecule has 0 saturated heterocycles. The standard InChI is InChI=1S/C15H16NO3P/c17-20(18,19-15-10-5-2-6-11-15)13-7-12-16-14-8-3-1-4-9-14/h1-12,16H,13H2,(H,17,18). The van der Waals surface area contributed by atoms with Crippen molar-refractivity contribution in [3.63, 3.8) is 0 Å². The third-order valence-electron chi connectivity index (χ3n) is 2.47. The van der Waals surface area contributed by atoms with E-state index in [1.165, 1.54) is 0 Å². The van der Waals surface area contributed by atoms with Gasteiger partial charge in [0.25, 0.3) is 0 Å². The molecule has 2 rings (SSSR count). The topological polar surface area (TPSA) is 58.6 Å². The van der Waals surface area contributed by atoms with Crippen LogP contribution in [0.25, 0.3) is 0 Å². The second-order valence-corrected chi connectivity index (χ2v) is 5.96. The van der Waals surface area contributed by atoms with Gasteiger partial charge in [-0.05, 0) is 30.5 Å². The molecule has 4 nitrogen and oxygen atoms in total. The minimum Gasteiger partial charge on any atom is -0.424 e. The summed E-state index contributed by atoms with van der Waals surface area (Å²) < 4.78 is 16.9. The second kappa shape index (κ2) is 6.94. The maximum atomic E-state index is 11.8. The van der Waals surface area contributed by atoms with Crippen LogP contribution in [0.4, 0.5) is 5.69 Å². The molecule has 2 aromatic rings. The van der Waals surface area contributed by atoms with Gasteiger partial charge in [0.1, 0.15) is 5.75 Å². The van der Waals surface area contributed by atoms with E-state index in [1.54, 1.807) is 36.5 Å². The lowest BCUT2D eigenvalue weighted by Gasteiger charge is -2.11. The highest BCUT2D eigenvalue weighted by molar-refractivity contribution is 7.53. The smallest absolute Gasteiger partial charge is 0.380 e. The van der Waals surface area contributed by atoms with Crippen LogP contribution in [0.15, 0.2) is 72.9 Å². The van der Waals surface area contributed by atoms with Crippen molar-refractivity contribution < 1.29 is 14.0 Å². The molecule has 20 heavy (non-hydrogen) atoms. The van der Waals surface area contributed by atoms with Crippen LogP contribution in [0.1, 0.15) is 0 Å². The number of para-hydroxylation sites is 2. The van der Waals surface area contributed by atoms with Crippen LogP contribution in [0.2, 0.25) is 0 Å². The molecule has 1 atom stereocenters. The van der Waals surface area contributed by atoms with Gasteiger partial charge < -0.3 is 14.7 Å². The molecule has 0 spiro atoms. The Labute approximate surface area is 118 Å². The van der Waals surface area contributed by atoms with E-state index in [2.05, 4.69) is 5.32 Å². The van der Waals surface area contributed by atoms with E-state index in [-0.39, 0.29) is 6.16 Å². The number of hydrogen-bond acceptors (Lipinski definition) is 3. The SMILES string of the molecule is O=P(O)(CC=CNc1ccccc1)Oc1ccccc1. The first kappa shape index (κ1) is 14.4. The van der Waals surface area contributed by atoms with Crippen molar-refractivity contribution >= 4 is 13.3 Å². The molecule has 104 valence electrons. The van der Waals surface area contributed by atoms with Crippen molar-refractivity contribution in [2.24, 2.45) is 0 Å². The number of anilines is 1. The minimum absolute atomic E-state index is 0.0538. The van der Waals surface area contributed by atoms with E-state index in [1.807, 2.05) is 36.4 Å². The number of hydrogen-bond donors (Lipinski definition) is 2. The molecule has 0 saturated carbocycles. The average Bonchev–Trinajstić information content (AvgIpc) is 2.45. The molecule has 0 aliphatic rings. The fourth-order valence-electron chi connectivity index (χ4n) is 1.56. The van der Waals surface area contributed by atoms with Crippen LogP contribution in [0.5, 0.6) is 5.75 Å². The van der Waals surface area contributed by atoms with E-state index >= 15 is 0 Å². The van der Waals surface area contributed by atoms with Gasteiger partial charge in [0.15, 0.2) is 0 Å². The van der Waals surface area contributed by atoms with Gasteiger partial charge in [-0.1, -0.05) is 42.5 Å². The predicted octanol–water partition coefficient (Wildman–Crippen LogP) is 3.88. The van der Waals surface area contributed by atoms with Crippen LogP contribution in [-0.2, 0) is 4.57 Å². The van der Waals surface area contributed by atoms with Crippen molar-refractivity contribution in [1.82, 2.24) is 0 Å². The summed E-state index contributed by atoms with van der Waals surface area (Å²) in [6, 6.07) is 18.2. The third-order valence-corrected chi connectivity index (χ3v) is 3.64. The number of rotatable bonds is 6. The number of allylic oxidation sites excluding steroid dienone is 1. The maximum absolute atomic E-state index is 11.8. The zero-order valence-corrected chi connectivity index (χ0v) is 11.7. The lowest BCUT2D eigenvalue weighted by Crippen LogP contribution is -1.96. The minimum atomic E-state index is -3.66. The molecule has 0 heterocycles. The zero-order chi connectivity index (χ0) is 14.3. The van der Waals surface area contributed by atoms with Crippen LogP contribution < -0.4 is 9.84 Å². The number of nitrogens with one attached hydrogen (secondary N) is 1. The van der Waals surface area contributed by atoms with Gasteiger partial charge in [0.2, 0.25) is 0 Å². The molecule has 1 unspecified atom stereocenters. The summed E-state index contributed by atoms with van der Waals surface area (Å²) in [5.74, 6) is 0.391. The van der Waals surface area contributed by atoms with Crippen LogP contribution in [0.3, 0.4) is 0 Å². The second-order valence-electron chi connectivity index (χ2n) is 4.14. The molecule has 0 amide bonds. The summed E-state index contributed by atoms with van der Waals surface area (Å²) in [6.45, 7) is 0. The Morgan fingerprint density at radius 3 is 2.30 bits per heavy atom. The highest BCUT2D eigenvalue weighted by Crippen LogP contribution is 2.42. The summed E-state index contributed by atoms with van der Waals surface area (Å²) in [5, 5.41) is 3.01. The lowest BCUT2D eigenvalue weighted by molar-refractivity contribution is 0.383. The first-order chi connectivity index (χ1) is 9.66. The first-order valence-electron chi connectivity index (χ1n) is 6.19. The summed E-state index contributed by atoms with van der Waals surface area (Å²) >= 11 is 0. The fourth-order valence-corrected chi connectivity index (χ4v) is 2.46. The molecule has 0 bridgehead atoms. The Morgan fingerprint density at radius 1 is 1.05 bits per heavy atom. The third kappa shape index (κ3) is 4.92.